The molecule has 6 nitrogen and oxygen atoms in total. The second kappa shape index (κ2) is 9.39. The zero-order valence-corrected chi connectivity index (χ0v) is 19.9. The van der Waals surface area contributed by atoms with Crippen molar-refractivity contribution in [3.05, 3.63) is 82.4 Å². The zero-order chi connectivity index (χ0) is 23.7. The molecule has 0 aromatic heterocycles. The molecule has 3 aromatic rings. The minimum Gasteiger partial charge on any atom is -0.449 e. The normalized spacial score (nSPS) is 15.1. The van der Waals surface area contributed by atoms with Gasteiger partial charge in [-0.2, -0.15) is 0 Å². The maximum Gasteiger partial charge on any atom is 0.407 e. The first kappa shape index (κ1) is 22.3. The number of ether oxygens (including phenoxy) is 1. The van der Waals surface area contributed by atoms with Crippen LogP contribution in [0, 0.1) is 13.8 Å². The van der Waals surface area contributed by atoms with E-state index in [0.717, 1.165) is 54.2 Å². The lowest BCUT2D eigenvalue weighted by atomic mass is 9.98. The van der Waals surface area contributed by atoms with Gasteiger partial charge in [-0.1, -0.05) is 48.5 Å². The van der Waals surface area contributed by atoms with Crippen LogP contribution in [0.4, 0.5) is 16.2 Å². The lowest BCUT2D eigenvalue weighted by Gasteiger charge is -2.32. The van der Waals surface area contributed by atoms with Gasteiger partial charge in [0.25, 0.3) is 0 Å². The van der Waals surface area contributed by atoms with Gasteiger partial charge in [-0.15, -0.1) is 0 Å². The van der Waals surface area contributed by atoms with E-state index in [4.69, 9.17) is 10.5 Å². The monoisotopic (exact) mass is 456 g/mol. The van der Waals surface area contributed by atoms with Gasteiger partial charge in [0, 0.05) is 50.0 Å². The van der Waals surface area contributed by atoms with Crippen molar-refractivity contribution in [2.75, 3.05) is 43.4 Å². The second-order valence-corrected chi connectivity index (χ2v) is 9.13. The Kier molecular flexibility index (Phi) is 6.16. The van der Waals surface area contributed by atoms with Gasteiger partial charge < -0.3 is 26.0 Å². The van der Waals surface area contributed by atoms with Crippen LogP contribution in [0.5, 0.6) is 0 Å². The third kappa shape index (κ3) is 4.10. The van der Waals surface area contributed by atoms with Crippen LogP contribution in [0.15, 0.2) is 54.6 Å². The Morgan fingerprint density at radius 1 is 1.03 bits per heavy atom. The molecule has 34 heavy (non-hydrogen) atoms. The van der Waals surface area contributed by atoms with Gasteiger partial charge in [0.05, 0.1) is 0 Å². The third-order valence-electron chi connectivity index (χ3n) is 7.21. The molecule has 1 aliphatic carbocycles. The standard InChI is InChI=1S/C28H32N4O2/c1-18-20(15-26(19(2)27(18)29)32-13-11-30-12-14-32)16-31-28(33)34-17-25-23-9-5-3-7-21(23)22-8-4-6-10-24(22)25/h3-10,15,25,30H,11-14,16-17,29H2,1-2H3,(H,31,33). The van der Waals surface area contributed by atoms with Gasteiger partial charge in [0.15, 0.2) is 0 Å². The lowest BCUT2D eigenvalue weighted by molar-refractivity contribution is 0.142. The van der Waals surface area contributed by atoms with Gasteiger partial charge in [-0.25, -0.2) is 4.79 Å². The highest BCUT2D eigenvalue weighted by molar-refractivity contribution is 5.79. The minimum absolute atomic E-state index is 0.0502. The molecule has 1 fully saturated rings. The van der Waals surface area contributed by atoms with Crippen molar-refractivity contribution < 1.29 is 9.53 Å². The zero-order valence-electron chi connectivity index (χ0n) is 19.9. The first-order valence-electron chi connectivity index (χ1n) is 12.0. The number of anilines is 2. The summed E-state index contributed by atoms with van der Waals surface area (Å²) in [6.07, 6.45) is -0.413. The maximum atomic E-state index is 12.7. The number of carbonyl (C=O) groups excluding carboxylic acids is 1. The molecule has 1 heterocycles. The molecule has 0 bridgehead atoms. The van der Waals surface area contributed by atoms with Crippen molar-refractivity contribution in [2.45, 2.75) is 26.3 Å². The maximum absolute atomic E-state index is 12.7. The summed E-state index contributed by atoms with van der Waals surface area (Å²) in [5.41, 5.74) is 16.4. The number of benzene rings is 3. The summed E-state index contributed by atoms with van der Waals surface area (Å²) in [6, 6.07) is 18.9. The van der Waals surface area contributed by atoms with E-state index in [9.17, 15) is 4.79 Å². The van der Waals surface area contributed by atoms with Crippen molar-refractivity contribution in [1.82, 2.24) is 10.6 Å². The summed E-state index contributed by atoms with van der Waals surface area (Å²) in [5.74, 6) is 0.0502. The van der Waals surface area contributed by atoms with Crippen molar-refractivity contribution in [1.29, 1.82) is 0 Å². The molecule has 0 unspecified atom stereocenters. The SMILES string of the molecule is Cc1c(CNC(=O)OCC2c3ccccc3-c3ccccc32)cc(N2CCNCC2)c(C)c1N. The van der Waals surface area contributed by atoms with Gasteiger partial charge in [-0.3, -0.25) is 0 Å². The van der Waals surface area contributed by atoms with Crippen LogP contribution in [-0.2, 0) is 11.3 Å². The summed E-state index contributed by atoms with van der Waals surface area (Å²) in [4.78, 5) is 15.0. The van der Waals surface area contributed by atoms with Crippen molar-refractivity contribution in [3.63, 3.8) is 0 Å². The van der Waals surface area contributed by atoms with Gasteiger partial charge in [0.2, 0.25) is 0 Å². The van der Waals surface area contributed by atoms with Crippen LogP contribution < -0.4 is 21.3 Å². The first-order valence-corrected chi connectivity index (χ1v) is 12.0. The molecular formula is C28H32N4O2. The molecule has 3 aromatic carbocycles. The number of carbonyl (C=O) groups is 1. The first-order chi connectivity index (χ1) is 16.5. The van der Waals surface area contributed by atoms with Crippen molar-refractivity contribution in [2.24, 2.45) is 0 Å². The molecule has 0 radical (unpaired) electrons. The number of amides is 1. The molecule has 0 spiro atoms. The van der Waals surface area contributed by atoms with Gasteiger partial charge >= 0.3 is 6.09 Å². The molecule has 0 atom stereocenters. The van der Waals surface area contributed by atoms with Crippen LogP contribution in [0.25, 0.3) is 11.1 Å². The Bertz CT molecular complexity index is 1170. The Morgan fingerprint density at radius 3 is 2.29 bits per heavy atom. The third-order valence-corrected chi connectivity index (χ3v) is 7.21. The quantitative estimate of drug-likeness (QED) is 0.498. The molecular weight excluding hydrogens is 424 g/mol. The highest BCUT2D eigenvalue weighted by Gasteiger charge is 2.29. The molecule has 5 rings (SSSR count). The predicted octanol–water partition coefficient (Wildman–Crippen LogP) is 4.33. The molecule has 1 amide bonds. The van der Waals surface area contributed by atoms with Crippen molar-refractivity contribution >= 4 is 17.5 Å². The van der Waals surface area contributed by atoms with E-state index in [2.05, 4.69) is 64.9 Å². The number of rotatable bonds is 5. The van der Waals surface area contributed by atoms with E-state index in [1.54, 1.807) is 0 Å². The molecule has 1 saturated heterocycles. The Morgan fingerprint density at radius 2 is 1.65 bits per heavy atom. The van der Waals surface area contributed by atoms with Crippen LogP contribution >= 0.6 is 0 Å². The highest BCUT2D eigenvalue weighted by atomic mass is 16.5. The fourth-order valence-corrected chi connectivity index (χ4v) is 5.21. The number of alkyl carbamates (subject to hydrolysis) is 1. The second-order valence-electron chi connectivity index (χ2n) is 9.13. The number of hydrogen-bond donors (Lipinski definition) is 3. The van der Waals surface area contributed by atoms with Gasteiger partial charge in [-0.05, 0) is 58.9 Å². The minimum atomic E-state index is -0.413. The number of nitrogens with zero attached hydrogens (tertiary/aromatic N) is 1. The highest BCUT2D eigenvalue weighted by Crippen LogP contribution is 2.44. The Labute approximate surface area is 201 Å². The van der Waals surface area contributed by atoms with Crippen LogP contribution in [-0.4, -0.2) is 38.9 Å². The van der Waals surface area contributed by atoms with E-state index in [1.165, 1.54) is 22.3 Å². The van der Waals surface area contributed by atoms with E-state index in [-0.39, 0.29) is 5.92 Å². The van der Waals surface area contributed by atoms with E-state index < -0.39 is 6.09 Å². The Hall–Kier alpha value is -3.51. The van der Waals surface area contributed by atoms with Crippen LogP contribution in [0.3, 0.4) is 0 Å². The number of fused-ring (bicyclic) bond motifs is 3. The van der Waals surface area contributed by atoms with Gasteiger partial charge in [0.1, 0.15) is 6.61 Å². The summed E-state index contributed by atoms with van der Waals surface area (Å²) in [7, 11) is 0. The molecule has 6 heteroatoms. The molecule has 176 valence electrons. The molecule has 2 aliphatic rings. The lowest BCUT2D eigenvalue weighted by Crippen LogP contribution is -2.44. The van der Waals surface area contributed by atoms with Crippen molar-refractivity contribution in [3.8, 4) is 11.1 Å². The fourth-order valence-electron chi connectivity index (χ4n) is 5.21. The topological polar surface area (TPSA) is 79.6 Å². The van der Waals surface area contributed by atoms with E-state index in [1.807, 2.05) is 19.1 Å². The summed E-state index contributed by atoms with van der Waals surface area (Å²) < 4.78 is 5.70. The van der Waals surface area contributed by atoms with Crippen LogP contribution in [0.2, 0.25) is 0 Å². The largest absolute Gasteiger partial charge is 0.449 e. The average Bonchev–Trinajstić information content (AvgIpc) is 3.20. The summed E-state index contributed by atoms with van der Waals surface area (Å²) in [5, 5.41) is 6.33. The number of nitrogen functional groups attached to an aromatic ring is 1. The summed E-state index contributed by atoms with van der Waals surface area (Å²) >= 11 is 0. The smallest absolute Gasteiger partial charge is 0.407 e. The van der Waals surface area contributed by atoms with E-state index >= 15 is 0 Å². The Balaban J connectivity index is 1.26. The number of nitrogens with two attached hydrogens (primary N) is 1. The molecule has 4 N–H and O–H groups in total. The molecule has 0 saturated carbocycles. The number of piperazine rings is 1. The van der Waals surface area contributed by atoms with Crippen LogP contribution in [0.1, 0.15) is 33.7 Å². The number of hydrogen-bond acceptors (Lipinski definition) is 5. The number of nitrogens with one attached hydrogen (secondary N) is 2. The fraction of sp³-hybridized carbons (Fsp3) is 0.321. The predicted molar refractivity (Wildman–Crippen MR) is 137 cm³/mol. The summed E-state index contributed by atoms with van der Waals surface area (Å²) in [6.45, 7) is 8.58. The van der Waals surface area contributed by atoms with E-state index in [0.29, 0.717) is 13.2 Å². The molecule has 1 aliphatic heterocycles. The average molecular weight is 457 g/mol.